The van der Waals surface area contributed by atoms with Crippen LogP contribution in [0.15, 0.2) is 40.6 Å². The van der Waals surface area contributed by atoms with Gasteiger partial charge in [0, 0.05) is 18.0 Å². The molecule has 0 bridgehead atoms. The van der Waals surface area contributed by atoms with Gasteiger partial charge in [-0.3, -0.25) is 0 Å². The molecule has 0 spiro atoms. The lowest BCUT2D eigenvalue weighted by atomic mass is 10.1. The van der Waals surface area contributed by atoms with Crippen LogP contribution < -0.4 is 0 Å². The minimum Gasteiger partial charge on any atom is -0.207 e. The molecule has 1 aromatic carbocycles. The second kappa shape index (κ2) is 5.36. The summed E-state index contributed by atoms with van der Waals surface area (Å²) in [5.74, 6) is 0. The number of nitrogens with zero attached hydrogens (tertiary/aromatic N) is 1. The van der Waals surface area contributed by atoms with Gasteiger partial charge in [-0.1, -0.05) is 12.1 Å². The molecule has 0 amide bonds. The maximum atomic E-state index is 13.1. The quantitative estimate of drug-likeness (QED) is 0.834. The molecule has 0 saturated heterocycles. The van der Waals surface area contributed by atoms with Gasteiger partial charge in [0.25, 0.3) is 0 Å². The lowest BCUT2D eigenvalue weighted by Gasteiger charge is -2.27. The Labute approximate surface area is 130 Å². The van der Waals surface area contributed by atoms with Gasteiger partial charge in [-0.05, 0) is 35.6 Å². The van der Waals surface area contributed by atoms with Crippen molar-refractivity contribution in [3.8, 4) is 0 Å². The van der Waals surface area contributed by atoms with Crippen LogP contribution in [0.25, 0.3) is 0 Å². The fourth-order valence-electron chi connectivity index (χ4n) is 2.49. The molecule has 1 aliphatic rings. The molecule has 0 unspecified atom stereocenters. The summed E-state index contributed by atoms with van der Waals surface area (Å²) in [5.41, 5.74) is -0.254. The molecule has 3 rings (SSSR count). The van der Waals surface area contributed by atoms with Crippen molar-refractivity contribution in [3.63, 3.8) is 0 Å². The number of alkyl halides is 3. The summed E-state index contributed by atoms with van der Waals surface area (Å²) in [7, 11) is -4.18. The molecule has 2 heterocycles. The summed E-state index contributed by atoms with van der Waals surface area (Å²) in [6.07, 6.45) is -4.17. The first-order valence-electron chi connectivity index (χ1n) is 6.52. The molecule has 0 saturated carbocycles. The SMILES string of the molecule is O=S(=O)(c1ccccc1C(F)(F)F)N1CCc2sccc2C1. The van der Waals surface area contributed by atoms with Crippen molar-refractivity contribution in [1.29, 1.82) is 0 Å². The number of benzene rings is 1. The van der Waals surface area contributed by atoms with Crippen LogP contribution in [-0.2, 0) is 29.2 Å². The first kappa shape index (κ1) is 15.5. The van der Waals surface area contributed by atoms with Gasteiger partial charge in [0.05, 0.1) is 10.5 Å². The van der Waals surface area contributed by atoms with E-state index in [1.54, 1.807) is 0 Å². The smallest absolute Gasteiger partial charge is 0.207 e. The van der Waals surface area contributed by atoms with Crippen LogP contribution >= 0.6 is 11.3 Å². The Kier molecular flexibility index (Phi) is 3.78. The standard InChI is InChI=1S/C14H12F3NO2S2/c15-14(16,17)11-3-1-2-4-13(11)22(19,20)18-7-5-12-10(9-18)6-8-21-12/h1-4,6,8H,5,7,9H2. The van der Waals surface area contributed by atoms with Crippen molar-refractivity contribution < 1.29 is 21.6 Å². The third-order valence-electron chi connectivity index (χ3n) is 3.58. The maximum Gasteiger partial charge on any atom is 0.417 e. The summed E-state index contributed by atoms with van der Waals surface area (Å²) in [6.45, 7) is 0.315. The lowest BCUT2D eigenvalue weighted by molar-refractivity contribution is -0.139. The van der Waals surface area contributed by atoms with Gasteiger partial charge < -0.3 is 0 Å². The Morgan fingerprint density at radius 2 is 1.86 bits per heavy atom. The molecule has 0 N–H and O–H groups in total. The van der Waals surface area contributed by atoms with Crippen molar-refractivity contribution in [2.24, 2.45) is 0 Å². The number of halogens is 3. The average molecular weight is 347 g/mol. The van der Waals surface area contributed by atoms with E-state index < -0.39 is 26.7 Å². The van der Waals surface area contributed by atoms with Crippen molar-refractivity contribution >= 4 is 21.4 Å². The Morgan fingerprint density at radius 1 is 1.14 bits per heavy atom. The highest BCUT2D eigenvalue weighted by molar-refractivity contribution is 7.89. The highest BCUT2D eigenvalue weighted by Crippen LogP contribution is 2.36. The van der Waals surface area contributed by atoms with Crippen LogP contribution in [0.4, 0.5) is 13.2 Å². The predicted octanol–water partition coefficient (Wildman–Crippen LogP) is 3.51. The second-order valence-electron chi connectivity index (χ2n) is 4.95. The van der Waals surface area contributed by atoms with Gasteiger partial charge in [-0.2, -0.15) is 17.5 Å². The first-order valence-corrected chi connectivity index (χ1v) is 8.84. The zero-order chi connectivity index (χ0) is 16.0. The molecular formula is C14H12F3NO2S2. The molecule has 1 aromatic heterocycles. The molecule has 1 aliphatic heterocycles. The molecule has 22 heavy (non-hydrogen) atoms. The summed E-state index contributed by atoms with van der Waals surface area (Å²) in [4.78, 5) is 0.414. The van der Waals surface area contributed by atoms with E-state index in [4.69, 9.17) is 0 Å². The number of hydrogen-bond donors (Lipinski definition) is 0. The van der Waals surface area contributed by atoms with Crippen molar-refractivity contribution in [1.82, 2.24) is 4.31 Å². The molecule has 8 heteroatoms. The highest BCUT2D eigenvalue weighted by Gasteiger charge is 2.39. The van der Waals surface area contributed by atoms with Gasteiger partial charge in [0.15, 0.2) is 0 Å². The number of fused-ring (bicyclic) bond motifs is 1. The number of sulfonamides is 1. The third-order valence-corrected chi connectivity index (χ3v) is 6.51. The number of thiophene rings is 1. The Balaban J connectivity index is 2.02. The number of hydrogen-bond acceptors (Lipinski definition) is 3. The molecule has 0 atom stereocenters. The molecule has 0 fully saturated rings. The Bertz CT molecular complexity index is 796. The van der Waals surface area contributed by atoms with Gasteiger partial charge in [0.2, 0.25) is 10.0 Å². The van der Waals surface area contributed by atoms with Gasteiger partial charge >= 0.3 is 6.18 Å². The highest BCUT2D eigenvalue weighted by atomic mass is 32.2. The fourth-order valence-corrected chi connectivity index (χ4v) is 5.01. The van der Waals surface area contributed by atoms with Crippen LogP contribution in [0, 0.1) is 0 Å². The lowest BCUT2D eigenvalue weighted by Crippen LogP contribution is -2.36. The van der Waals surface area contributed by atoms with Crippen LogP contribution in [0.3, 0.4) is 0 Å². The van der Waals surface area contributed by atoms with Crippen molar-refractivity contribution in [2.75, 3.05) is 6.54 Å². The summed E-state index contributed by atoms with van der Waals surface area (Å²) < 4.78 is 65.5. The van der Waals surface area contributed by atoms with Crippen molar-refractivity contribution in [2.45, 2.75) is 24.0 Å². The van der Waals surface area contributed by atoms with Crippen molar-refractivity contribution in [3.05, 3.63) is 51.7 Å². The minimum absolute atomic E-state index is 0.118. The zero-order valence-electron chi connectivity index (χ0n) is 11.3. The van der Waals surface area contributed by atoms with Gasteiger partial charge in [-0.15, -0.1) is 11.3 Å². The first-order chi connectivity index (χ1) is 10.3. The molecule has 0 aliphatic carbocycles. The van der Waals surface area contributed by atoms with E-state index in [9.17, 15) is 21.6 Å². The average Bonchev–Trinajstić information content (AvgIpc) is 2.93. The summed E-state index contributed by atoms with van der Waals surface area (Å²) >= 11 is 1.54. The van der Waals surface area contributed by atoms with E-state index in [-0.39, 0.29) is 13.1 Å². The van der Waals surface area contributed by atoms with Crippen LogP contribution in [-0.4, -0.2) is 19.3 Å². The van der Waals surface area contributed by atoms with E-state index in [0.29, 0.717) is 6.42 Å². The van der Waals surface area contributed by atoms with Gasteiger partial charge in [-0.25, -0.2) is 8.42 Å². The summed E-state index contributed by atoms with van der Waals surface area (Å²) in [5, 5.41) is 1.87. The molecule has 0 radical (unpaired) electrons. The monoisotopic (exact) mass is 347 g/mol. The van der Waals surface area contributed by atoms with E-state index in [0.717, 1.165) is 26.9 Å². The summed E-state index contributed by atoms with van der Waals surface area (Å²) in [6, 6.07) is 6.13. The Morgan fingerprint density at radius 3 is 2.59 bits per heavy atom. The van der Waals surface area contributed by atoms with Crippen LogP contribution in [0.5, 0.6) is 0 Å². The van der Waals surface area contributed by atoms with Crippen LogP contribution in [0.2, 0.25) is 0 Å². The normalized spacial score (nSPS) is 16.5. The molecule has 118 valence electrons. The van der Waals surface area contributed by atoms with E-state index >= 15 is 0 Å². The minimum atomic E-state index is -4.70. The largest absolute Gasteiger partial charge is 0.417 e. The Hall–Kier alpha value is -1.38. The molecule has 2 aromatic rings. The topological polar surface area (TPSA) is 37.4 Å². The van der Waals surface area contributed by atoms with E-state index in [1.807, 2.05) is 11.4 Å². The predicted molar refractivity (Wildman–Crippen MR) is 77.1 cm³/mol. The second-order valence-corrected chi connectivity index (χ2v) is 7.86. The fraction of sp³-hybridized carbons (Fsp3) is 0.286. The van der Waals surface area contributed by atoms with Gasteiger partial charge in [0.1, 0.15) is 0 Å². The number of rotatable bonds is 2. The van der Waals surface area contributed by atoms with E-state index in [1.165, 1.54) is 23.5 Å². The molecule has 3 nitrogen and oxygen atoms in total. The zero-order valence-corrected chi connectivity index (χ0v) is 12.9. The van der Waals surface area contributed by atoms with E-state index in [2.05, 4.69) is 0 Å². The van der Waals surface area contributed by atoms with Crippen LogP contribution in [0.1, 0.15) is 16.0 Å². The maximum absolute atomic E-state index is 13.1. The molecular weight excluding hydrogens is 335 g/mol. The third kappa shape index (κ3) is 2.66.